The Bertz CT molecular complexity index is 684. The number of hydrogen-bond acceptors (Lipinski definition) is 5. The number of nitrogens with zero attached hydrogens (tertiary/aromatic N) is 2. The van der Waals surface area contributed by atoms with E-state index in [4.69, 9.17) is 9.47 Å². The van der Waals surface area contributed by atoms with Crippen molar-refractivity contribution >= 4 is 17.7 Å². The molecule has 27 heavy (non-hydrogen) atoms. The first-order valence-corrected chi connectivity index (χ1v) is 8.42. The number of nitrogens with one attached hydrogen (secondary N) is 1. The van der Waals surface area contributed by atoms with Crippen LogP contribution in [0, 0.1) is 11.8 Å². The predicted molar refractivity (Wildman–Crippen MR) is 96.4 cm³/mol. The molecular weight excluding hydrogens is 360 g/mol. The Hall–Kier alpha value is -2.29. The number of amides is 2. The summed E-state index contributed by atoms with van der Waals surface area (Å²) in [5, 5.41) is 2.43. The SMILES string of the molecule is CN(C(=O)[C@H](COC(C)(C)C)NC(=O)OC(C)(C)C)c1cnc(F)cc1F. The quantitative estimate of drug-likeness (QED) is 0.786. The molecule has 0 fully saturated rings. The van der Waals surface area contributed by atoms with Crippen molar-refractivity contribution in [2.24, 2.45) is 0 Å². The van der Waals surface area contributed by atoms with Crippen molar-refractivity contribution < 1.29 is 27.8 Å². The van der Waals surface area contributed by atoms with Gasteiger partial charge in [-0.1, -0.05) is 0 Å². The Morgan fingerprint density at radius 3 is 2.26 bits per heavy atom. The first kappa shape index (κ1) is 22.8. The molecule has 0 bridgehead atoms. The normalized spacial score (nSPS) is 13.1. The van der Waals surface area contributed by atoms with Crippen molar-refractivity contribution in [2.45, 2.75) is 58.8 Å². The second kappa shape index (κ2) is 8.60. The minimum Gasteiger partial charge on any atom is -0.444 e. The number of aromatic nitrogens is 1. The van der Waals surface area contributed by atoms with Gasteiger partial charge in [-0.3, -0.25) is 4.79 Å². The van der Waals surface area contributed by atoms with Crippen LogP contribution in [0.25, 0.3) is 0 Å². The van der Waals surface area contributed by atoms with Gasteiger partial charge >= 0.3 is 6.09 Å². The average molecular weight is 387 g/mol. The third kappa shape index (κ3) is 7.86. The summed E-state index contributed by atoms with van der Waals surface area (Å²) in [6.45, 7) is 10.2. The lowest BCUT2D eigenvalue weighted by molar-refractivity contribution is -0.123. The molecule has 1 N–H and O–H groups in total. The minimum atomic E-state index is -1.14. The van der Waals surface area contributed by atoms with E-state index in [9.17, 15) is 18.4 Å². The molecule has 0 aliphatic carbocycles. The summed E-state index contributed by atoms with van der Waals surface area (Å²) in [6.07, 6.45) is 0.0852. The van der Waals surface area contributed by atoms with E-state index in [-0.39, 0.29) is 12.3 Å². The summed E-state index contributed by atoms with van der Waals surface area (Å²) < 4.78 is 37.7. The first-order chi connectivity index (χ1) is 12.2. The second-order valence-electron chi connectivity index (χ2n) is 7.98. The van der Waals surface area contributed by atoms with Crippen molar-refractivity contribution in [1.82, 2.24) is 10.3 Å². The summed E-state index contributed by atoms with van der Waals surface area (Å²) in [7, 11) is 1.29. The van der Waals surface area contributed by atoms with Crippen LogP contribution >= 0.6 is 0 Å². The van der Waals surface area contributed by atoms with E-state index in [1.54, 1.807) is 41.5 Å². The number of hydrogen-bond donors (Lipinski definition) is 1. The van der Waals surface area contributed by atoms with Gasteiger partial charge in [0.15, 0.2) is 5.82 Å². The average Bonchev–Trinajstić information content (AvgIpc) is 2.47. The molecule has 9 heteroatoms. The molecule has 1 aromatic heterocycles. The van der Waals surface area contributed by atoms with E-state index in [0.29, 0.717) is 6.07 Å². The molecule has 0 spiro atoms. The highest BCUT2D eigenvalue weighted by atomic mass is 19.1. The van der Waals surface area contributed by atoms with Crippen molar-refractivity contribution in [2.75, 3.05) is 18.6 Å². The molecule has 1 rings (SSSR count). The van der Waals surface area contributed by atoms with E-state index in [1.165, 1.54) is 7.05 Å². The fourth-order valence-corrected chi connectivity index (χ4v) is 1.96. The highest BCUT2D eigenvalue weighted by molar-refractivity contribution is 5.98. The van der Waals surface area contributed by atoms with E-state index in [2.05, 4.69) is 10.3 Å². The molecule has 0 aliphatic rings. The van der Waals surface area contributed by atoms with Gasteiger partial charge in [-0.05, 0) is 41.5 Å². The monoisotopic (exact) mass is 387 g/mol. The zero-order chi connectivity index (χ0) is 21.0. The molecule has 0 radical (unpaired) electrons. The van der Waals surface area contributed by atoms with Crippen molar-refractivity contribution in [3.05, 3.63) is 24.0 Å². The maximum absolute atomic E-state index is 14.0. The van der Waals surface area contributed by atoms with Crippen LogP contribution < -0.4 is 10.2 Å². The zero-order valence-electron chi connectivity index (χ0n) is 16.7. The van der Waals surface area contributed by atoms with Crippen molar-refractivity contribution in [3.63, 3.8) is 0 Å². The van der Waals surface area contributed by atoms with Gasteiger partial charge in [0.25, 0.3) is 5.91 Å². The minimum absolute atomic E-state index is 0.165. The predicted octanol–water partition coefficient (Wildman–Crippen LogP) is 3.03. The second-order valence-corrected chi connectivity index (χ2v) is 7.98. The van der Waals surface area contributed by atoms with Crippen LogP contribution in [-0.2, 0) is 14.3 Å². The topological polar surface area (TPSA) is 80.8 Å². The Labute approximate surface area is 158 Å². The van der Waals surface area contributed by atoms with E-state index < -0.39 is 41.0 Å². The van der Waals surface area contributed by atoms with Crippen LogP contribution in [0.3, 0.4) is 0 Å². The Balaban J connectivity index is 3.01. The summed E-state index contributed by atoms with van der Waals surface area (Å²) in [4.78, 5) is 29.2. The van der Waals surface area contributed by atoms with Crippen LogP contribution in [0.2, 0.25) is 0 Å². The Morgan fingerprint density at radius 1 is 1.19 bits per heavy atom. The Morgan fingerprint density at radius 2 is 1.78 bits per heavy atom. The number of ether oxygens (including phenoxy) is 2. The molecule has 0 saturated carbocycles. The molecular formula is C18H27F2N3O4. The van der Waals surface area contributed by atoms with Crippen LogP contribution in [0.15, 0.2) is 12.3 Å². The van der Waals surface area contributed by atoms with Gasteiger partial charge in [0.05, 0.1) is 24.1 Å². The summed E-state index contributed by atoms with van der Waals surface area (Å²) in [5.41, 5.74) is -1.57. The summed E-state index contributed by atoms with van der Waals surface area (Å²) in [6, 6.07) is -0.574. The van der Waals surface area contributed by atoms with Crippen LogP contribution in [0.5, 0.6) is 0 Å². The molecule has 0 aliphatic heterocycles. The maximum atomic E-state index is 14.0. The van der Waals surface area contributed by atoms with Gasteiger partial charge in [0.1, 0.15) is 11.6 Å². The molecule has 0 aromatic carbocycles. The Kier molecular flexibility index (Phi) is 7.25. The van der Waals surface area contributed by atoms with E-state index >= 15 is 0 Å². The molecule has 7 nitrogen and oxygen atoms in total. The largest absolute Gasteiger partial charge is 0.444 e. The smallest absolute Gasteiger partial charge is 0.408 e. The van der Waals surface area contributed by atoms with Crippen LogP contribution in [0.1, 0.15) is 41.5 Å². The first-order valence-electron chi connectivity index (χ1n) is 8.42. The number of likely N-dealkylation sites (N-methyl/N-ethyl adjacent to an activating group) is 1. The molecule has 0 unspecified atom stereocenters. The lowest BCUT2D eigenvalue weighted by Crippen LogP contribution is -2.52. The molecule has 2 amide bonds. The molecule has 0 saturated heterocycles. The van der Waals surface area contributed by atoms with Gasteiger partial charge in [-0.25, -0.2) is 14.2 Å². The molecule has 1 atom stereocenters. The van der Waals surface area contributed by atoms with E-state index in [0.717, 1.165) is 11.1 Å². The standard InChI is InChI=1S/C18H27F2N3O4/c1-17(2,3)26-10-12(22-16(25)27-18(4,5)6)15(24)23(7)13-9-21-14(20)8-11(13)19/h8-9,12H,10H2,1-7H3,(H,22,25)/t12-/m0/s1. The maximum Gasteiger partial charge on any atom is 0.408 e. The van der Waals surface area contributed by atoms with Crippen molar-refractivity contribution in [1.29, 1.82) is 0 Å². The number of rotatable bonds is 5. The van der Waals surface area contributed by atoms with Gasteiger partial charge < -0.3 is 19.7 Å². The molecule has 1 aromatic rings. The molecule has 1 heterocycles. The number of halogens is 2. The fraction of sp³-hybridized carbons (Fsp3) is 0.611. The van der Waals surface area contributed by atoms with Crippen molar-refractivity contribution in [3.8, 4) is 0 Å². The summed E-state index contributed by atoms with van der Waals surface area (Å²) in [5.74, 6) is -2.62. The third-order valence-electron chi connectivity index (χ3n) is 3.16. The third-order valence-corrected chi connectivity index (χ3v) is 3.16. The fourth-order valence-electron chi connectivity index (χ4n) is 1.96. The zero-order valence-corrected chi connectivity index (χ0v) is 16.7. The number of anilines is 1. The van der Waals surface area contributed by atoms with Gasteiger partial charge in [0.2, 0.25) is 5.95 Å². The van der Waals surface area contributed by atoms with Crippen LogP contribution in [-0.4, -0.2) is 47.9 Å². The highest BCUT2D eigenvalue weighted by Gasteiger charge is 2.30. The number of carbonyl (C=O) groups excluding carboxylic acids is 2. The van der Waals surface area contributed by atoms with Gasteiger partial charge in [0, 0.05) is 13.1 Å². The van der Waals surface area contributed by atoms with Gasteiger partial charge in [-0.15, -0.1) is 0 Å². The van der Waals surface area contributed by atoms with E-state index in [1.807, 2.05) is 0 Å². The van der Waals surface area contributed by atoms with Crippen LogP contribution in [0.4, 0.5) is 19.3 Å². The highest BCUT2D eigenvalue weighted by Crippen LogP contribution is 2.19. The number of carbonyl (C=O) groups is 2. The summed E-state index contributed by atoms with van der Waals surface area (Å²) >= 11 is 0. The number of alkyl carbamates (subject to hydrolysis) is 1. The lowest BCUT2D eigenvalue weighted by atomic mass is 10.2. The lowest BCUT2D eigenvalue weighted by Gasteiger charge is -2.29. The van der Waals surface area contributed by atoms with Gasteiger partial charge in [-0.2, -0.15) is 4.39 Å². The number of pyridine rings is 1. The molecule has 152 valence electrons.